The third-order valence-electron chi connectivity index (χ3n) is 5.70. The minimum Gasteiger partial charge on any atom is -0.359 e. The highest BCUT2D eigenvalue weighted by Crippen LogP contribution is 2.47. The molecule has 0 spiro atoms. The van der Waals surface area contributed by atoms with Gasteiger partial charge in [0, 0.05) is 18.0 Å². The topological polar surface area (TPSA) is 81.2 Å². The monoisotopic (exact) mass is 341 g/mol. The summed E-state index contributed by atoms with van der Waals surface area (Å²) in [6.07, 6.45) is 5.57. The summed E-state index contributed by atoms with van der Waals surface area (Å²) < 4.78 is 5.36. The van der Waals surface area contributed by atoms with Crippen molar-refractivity contribution in [3.8, 4) is 0 Å². The molecule has 130 valence electrons. The highest BCUT2D eigenvalue weighted by molar-refractivity contribution is 5.85. The molecule has 2 aliphatic carbocycles. The van der Waals surface area contributed by atoms with Crippen LogP contribution < -0.4 is 11.1 Å². The number of fused-ring (bicyclic) bond motifs is 2. The van der Waals surface area contributed by atoms with Crippen molar-refractivity contribution in [1.82, 2.24) is 10.5 Å². The zero-order chi connectivity index (χ0) is 15.7. The van der Waals surface area contributed by atoms with Gasteiger partial charge in [0.2, 0.25) is 5.91 Å². The Hall–Kier alpha value is -1.07. The maximum atomic E-state index is 12.4. The Balaban J connectivity index is 0.00000192. The number of carbonyl (C=O) groups is 1. The number of rotatable bonds is 6. The lowest BCUT2D eigenvalue weighted by Crippen LogP contribution is -2.45. The Morgan fingerprint density at radius 1 is 1.39 bits per heavy atom. The average Bonchev–Trinajstić information content (AvgIpc) is 3.22. The molecule has 2 bridgehead atoms. The molecular weight excluding hydrogens is 314 g/mol. The van der Waals surface area contributed by atoms with Crippen molar-refractivity contribution in [2.45, 2.75) is 64.5 Å². The van der Waals surface area contributed by atoms with Gasteiger partial charge in [-0.1, -0.05) is 19.0 Å². The normalized spacial score (nSPS) is 28.9. The molecule has 4 unspecified atom stereocenters. The van der Waals surface area contributed by atoms with Gasteiger partial charge in [-0.2, -0.15) is 0 Å². The first-order valence-corrected chi connectivity index (χ1v) is 8.62. The Kier molecular flexibility index (Phi) is 6.09. The van der Waals surface area contributed by atoms with E-state index in [0.717, 1.165) is 37.1 Å². The zero-order valence-corrected chi connectivity index (χ0v) is 14.8. The zero-order valence-electron chi connectivity index (χ0n) is 14.0. The molecule has 0 aromatic carbocycles. The van der Waals surface area contributed by atoms with Gasteiger partial charge in [0.05, 0.1) is 18.2 Å². The van der Waals surface area contributed by atoms with E-state index in [2.05, 4.69) is 24.3 Å². The molecule has 1 heterocycles. The number of aromatic nitrogens is 1. The SMILES string of the molecule is CCC(CC)c1cc(CNC(=O)C2C3CCC(C3)C2N)on1.Cl. The predicted octanol–water partition coefficient (Wildman–Crippen LogP) is 2.99. The van der Waals surface area contributed by atoms with Gasteiger partial charge >= 0.3 is 0 Å². The van der Waals surface area contributed by atoms with E-state index in [1.807, 2.05) is 6.07 Å². The first-order valence-electron chi connectivity index (χ1n) is 8.62. The molecule has 3 N–H and O–H groups in total. The van der Waals surface area contributed by atoms with Crippen molar-refractivity contribution in [2.24, 2.45) is 23.5 Å². The number of halogens is 1. The molecule has 3 rings (SSSR count). The third-order valence-corrected chi connectivity index (χ3v) is 5.70. The molecule has 2 aliphatic rings. The molecule has 0 aliphatic heterocycles. The van der Waals surface area contributed by atoms with Gasteiger partial charge in [0.15, 0.2) is 5.76 Å². The predicted molar refractivity (Wildman–Crippen MR) is 91.2 cm³/mol. The number of hydrogen-bond acceptors (Lipinski definition) is 4. The van der Waals surface area contributed by atoms with Crippen LogP contribution in [0.2, 0.25) is 0 Å². The fourth-order valence-corrected chi connectivity index (χ4v) is 4.33. The standard InChI is InChI=1S/C17H27N3O2.ClH/c1-3-10(4-2)14-8-13(22-20-14)9-19-17(21)15-11-5-6-12(7-11)16(15)18;/h8,10-12,15-16H,3-7,9,18H2,1-2H3,(H,19,21);1H. The lowest BCUT2D eigenvalue weighted by atomic mass is 9.84. The summed E-state index contributed by atoms with van der Waals surface area (Å²) in [5.74, 6) is 2.27. The Labute approximate surface area is 144 Å². The fraction of sp³-hybridized carbons (Fsp3) is 0.765. The first-order chi connectivity index (χ1) is 10.6. The van der Waals surface area contributed by atoms with Crippen LogP contribution in [0.5, 0.6) is 0 Å². The number of amides is 1. The van der Waals surface area contributed by atoms with Crippen molar-refractivity contribution in [2.75, 3.05) is 0 Å². The lowest BCUT2D eigenvalue weighted by Gasteiger charge is -2.26. The molecule has 1 amide bonds. The highest BCUT2D eigenvalue weighted by atomic mass is 35.5. The van der Waals surface area contributed by atoms with Crippen LogP contribution in [0, 0.1) is 17.8 Å². The summed E-state index contributed by atoms with van der Waals surface area (Å²) in [4.78, 5) is 12.4. The van der Waals surface area contributed by atoms with E-state index in [4.69, 9.17) is 10.3 Å². The van der Waals surface area contributed by atoms with Crippen LogP contribution in [0.4, 0.5) is 0 Å². The van der Waals surface area contributed by atoms with Crippen molar-refractivity contribution in [3.05, 3.63) is 17.5 Å². The maximum Gasteiger partial charge on any atom is 0.225 e. The van der Waals surface area contributed by atoms with Crippen molar-refractivity contribution in [1.29, 1.82) is 0 Å². The molecule has 2 saturated carbocycles. The minimum atomic E-state index is -0.0137. The number of carbonyl (C=O) groups excluding carboxylic acids is 1. The Morgan fingerprint density at radius 2 is 2.09 bits per heavy atom. The molecule has 0 saturated heterocycles. The average molecular weight is 342 g/mol. The summed E-state index contributed by atoms with van der Waals surface area (Å²) in [6, 6.07) is 2.01. The molecule has 6 heteroatoms. The number of nitrogens with one attached hydrogen (secondary N) is 1. The van der Waals surface area contributed by atoms with E-state index < -0.39 is 0 Å². The molecule has 5 nitrogen and oxygen atoms in total. The summed E-state index contributed by atoms with van der Waals surface area (Å²) in [7, 11) is 0. The number of nitrogens with two attached hydrogens (primary N) is 1. The first kappa shape index (κ1) is 18.3. The van der Waals surface area contributed by atoms with Crippen LogP contribution in [-0.2, 0) is 11.3 Å². The van der Waals surface area contributed by atoms with Gasteiger partial charge in [-0.3, -0.25) is 4.79 Å². The number of hydrogen-bond donors (Lipinski definition) is 2. The summed E-state index contributed by atoms with van der Waals surface area (Å²) >= 11 is 0. The minimum absolute atomic E-state index is 0. The van der Waals surface area contributed by atoms with Crippen molar-refractivity contribution < 1.29 is 9.32 Å². The van der Waals surface area contributed by atoms with Gasteiger partial charge < -0.3 is 15.6 Å². The van der Waals surface area contributed by atoms with Crippen LogP contribution in [0.1, 0.15) is 63.3 Å². The van der Waals surface area contributed by atoms with Crippen molar-refractivity contribution in [3.63, 3.8) is 0 Å². The van der Waals surface area contributed by atoms with Crippen LogP contribution in [0.25, 0.3) is 0 Å². The quantitative estimate of drug-likeness (QED) is 0.833. The van der Waals surface area contributed by atoms with Gasteiger partial charge in [-0.25, -0.2) is 0 Å². The van der Waals surface area contributed by atoms with E-state index in [1.54, 1.807) is 0 Å². The van der Waals surface area contributed by atoms with E-state index in [1.165, 1.54) is 6.42 Å². The molecule has 2 fully saturated rings. The molecular formula is C17H28ClN3O2. The fourth-order valence-electron chi connectivity index (χ4n) is 4.33. The van der Waals surface area contributed by atoms with Crippen LogP contribution in [-0.4, -0.2) is 17.1 Å². The third kappa shape index (κ3) is 3.56. The van der Waals surface area contributed by atoms with Crippen LogP contribution >= 0.6 is 12.4 Å². The van der Waals surface area contributed by atoms with Crippen LogP contribution in [0.15, 0.2) is 10.6 Å². The second-order valence-electron chi connectivity index (χ2n) is 6.89. The van der Waals surface area contributed by atoms with Gasteiger partial charge in [0.25, 0.3) is 0 Å². The molecule has 1 aromatic rings. The summed E-state index contributed by atoms with van der Waals surface area (Å²) in [5, 5.41) is 7.13. The maximum absolute atomic E-state index is 12.4. The smallest absolute Gasteiger partial charge is 0.225 e. The van der Waals surface area contributed by atoms with Gasteiger partial charge in [-0.05, 0) is 43.9 Å². The summed E-state index contributed by atoms with van der Waals surface area (Å²) in [6.45, 7) is 4.72. The lowest BCUT2D eigenvalue weighted by molar-refractivity contribution is -0.127. The summed E-state index contributed by atoms with van der Waals surface area (Å²) in [5.41, 5.74) is 7.21. The molecule has 23 heavy (non-hydrogen) atoms. The second-order valence-corrected chi connectivity index (χ2v) is 6.89. The largest absolute Gasteiger partial charge is 0.359 e. The van der Waals surface area contributed by atoms with E-state index in [-0.39, 0.29) is 30.3 Å². The highest BCUT2D eigenvalue weighted by Gasteiger charge is 2.48. The molecule has 0 radical (unpaired) electrons. The van der Waals surface area contributed by atoms with Gasteiger partial charge in [-0.15, -0.1) is 12.4 Å². The Bertz CT molecular complexity index is 528. The number of nitrogens with zero attached hydrogens (tertiary/aromatic N) is 1. The second kappa shape index (κ2) is 7.67. The van der Waals surface area contributed by atoms with E-state index in [9.17, 15) is 4.79 Å². The van der Waals surface area contributed by atoms with E-state index in [0.29, 0.717) is 24.3 Å². The van der Waals surface area contributed by atoms with Crippen LogP contribution in [0.3, 0.4) is 0 Å². The Morgan fingerprint density at radius 3 is 2.70 bits per heavy atom. The molecule has 4 atom stereocenters. The van der Waals surface area contributed by atoms with Gasteiger partial charge in [0.1, 0.15) is 0 Å². The van der Waals surface area contributed by atoms with Crippen molar-refractivity contribution >= 4 is 18.3 Å². The molecule has 1 aromatic heterocycles. The van der Waals surface area contributed by atoms with E-state index >= 15 is 0 Å².